The van der Waals surface area contributed by atoms with Gasteiger partial charge in [0.2, 0.25) is 5.95 Å². The number of nitrogens with zero attached hydrogens (tertiary/aromatic N) is 4. The Morgan fingerprint density at radius 2 is 2.03 bits per heavy atom. The first-order valence-electron chi connectivity index (χ1n) is 10.3. The molecule has 156 valence electrons. The number of nitrogens with two attached hydrogens (primary N) is 1. The van der Waals surface area contributed by atoms with Gasteiger partial charge in [-0.1, -0.05) is 5.92 Å². The van der Waals surface area contributed by atoms with E-state index >= 15 is 0 Å². The van der Waals surface area contributed by atoms with Gasteiger partial charge in [-0.15, -0.1) is 0 Å². The number of hydrogen-bond acceptors (Lipinski definition) is 6. The predicted molar refractivity (Wildman–Crippen MR) is 116 cm³/mol. The van der Waals surface area contributed by atoms with Crippen LogP contribution in [0.15, 0.2) is 30.7 Å². The molecule has 4 rings (SSSR count). The van der Waals surface area contributed by atoms with E-state index in [1.807, 2.05) is 16.8 Å². The maximum atomic E-state index is 10.5. The number of hydrogen-bond donors (Lipinski definition) is 3. The minimum Gasteiger partial charge on any atom is -0.390 e. The lowest BCUT2D eigenvalue weighted by atomic mass is 9.99. The Labute approximate surface area is 176 Å². The number of aryl methyl sites for hydroxylation is 1. The van der Waals surface area contributed by atoms with Crippen molar-refractivity contribution in [2.24, 2.45) is 0 Å². The maximum absolute atomic E-state index is 10.5. The Hall–Kier alpha value is -2.95. The number of aliphatic hydroxyl groups is 2. The SMILES string of the molecule is CC(C)(O)CCc1cn(-c2ccnc(N)n2)c2cc(C#CC3(O)CCCC3)ncc12. The number of rotatable bonds is 4. The summed E-state index contributed by atoms with van der Waals surface area (Å²) in [6.45, 7) is 3.61. The van der Waals surface area contributed by atoms with Crippen molar-refractivity contribution in [3.05, 3.63) is 42.0 Å². The highest BCUT2D eigenvalue weighted by Gasteiger charge is 2.28. The molecule has 0 aliphatic heterocycles. The van der Waals surface area contributed by atoms with E-state index in [2.05, 4.69) is 26.8 Å². The highest BCUT2D eigenvalue weighted by molar-refractivity contribution is 5.85. The van der Waals surface area contributed by atoms with Gasteiger partial charge in [-0.2, -0.15) is 4.98 Å². The average Bonchev–Trinajstić information content (AvgIpc) is 3.28. The van der Waals surface area contributed by atoms with Gasteiger partial charge in [-0.05, 0) is 76.0 Å². The van der Waals surface area contributed by atoms with Gasteiger partial charge >= 0.3 is 0 Å². The van der Waals surface area contributed by atoms with Crippen LogP contribution in [0.1, 0.15) is 57.2 Å². The largest absolute Gasteiger partial charge is 0.390 e. The molecule has 0 saturated heterocycles. The van der Waals surface area contributed by atoms with Gasteiger partial charge < -0.3 is 20.5 Å². The summed E-state index contributed by atoms with van der Waals surface area (Å²) < 4.78 is 1.95. The zero-order valence-corrected chi connectivity index (χ0v) is 17.4. The van der Waals surface area contributed by atoms with Crippen LogP contribution in [0.5, 0.6) is 0 Å². The minimum atomic E-state index is -0.905. The molecule has 7 heteroatoms. The summed E-state index contributed by atoms with van der Waals surface area (Å²) in [6.07, 6.45) is 10.2. The van der Waals surface area contributed by atoms with E-state index < -0.39 is 11.2 Å². The summed E-state index contributed by atoms with van der Waals surface area (Å²) in [6, 6.07) is 3.70. The summed E-state index contributed by atoms with van der Waals surface area (Å²) in [5, 5.41) is 21.6. The van der Waals surface area contributed by atoms with Crippen molar-refractivity contribution in [3.63, 3.8) is 0 Å². The smallest absolute Gasteiger partial charge is 0.221 e. The molecule has 1 aliphatic carbocycles. The van der Waals surface area contributed by atoms with Crippen LogP contribution < -0.4 is 5.73 Å². The van der Waals surface area contributed by atoms with Gasteiger partial charge in [0.05, 0.1) is 11.1 Å². The van der Waals surface area contributed by atoms with Gasteiger partial charge in [0.1, 0.15) is 17.1 Å². The molecule has 0 atom stereocenters. The van der Waals surface area contributed by atoms with Gasteiger partial charge in [-0.25, -0.2) is 9.97 Å². The van der Waals surface area contributed by atoms with Crippen LogP contribution in [-0.4, -0.2) is 40.9 Å². The fourth-order valence-corrected chi connectivity index (χ4v) is 3.85. The van der Waals surface area contributed by atoms with Gasteiger partial charge in [0.15, 0.2) is 0 Å². The molecule has 3 heterocycles. The summed E-state index contributed by atoms with van der Waals surface area (Å²) in [4.78, 5) is 12.8. The van der Waals surface area contributed by atoms with Crippen molar-refractivity contribution in [1.82, 2.24) is 19.5 Å². The van der Waals surface area contributed by atoms with Crippen LogP contribution in [0.25, 0.3) is 16.7 Å². The van der Waals surface area contributed by atoms with Crippen LogP contribution in [0.4, 0.5) is 5.95 Å². The van der Waals surface area contributed by atoms with Crippen molar-refractivity contribution in [3.8, 4) is 17.7 Å². The van der Waals surface area contributed by atoms with E-state index in [0.29, 0.717) is 37.2 Å². The molecule has 0 spiro atoms. The molecule has 0 amide bonds. The van der Waals surface area contributed by atoms with Crippen LogP contribution in [0, 0.1) is 11.8 Å². The fraction of sp³-hybridized carbons (Fsp3) is 0.435. The quantitative estimate of drug-likeness (QED) is 0.576. The van der Waals surface area contributed by atoms with Crippen molar-refractivity contribution in [2.45, 2.75) is 63.6 Å². The lowest BCUT2D eigenvalue weighted by molar-refractivity contribution is 0.0715. The average molecular weight is 406 g/mol. The second kappa shape index (κ2) is 7.71. The molecule has 1 fully saturated rings. The third kappa shape index (κ3) is 4.45. The number of pyridine rings is 1. The molecule has 1 aliphatic rings. The van der Waals surface area contributed by atoms with Crippen LogP contribution >= 0.6 is 0 Å². The molecule has 0 radical (unpaired) electrons. The molecular formula is C23H27N5O2. The van der Waals surface area contributed by atoms with Gasteiger partial charge in [-0.3, -0.25) is 0 Å². The minimum absolute atomic E-state index is 0.199. The zero-order valence-electron chi connectivity index (χ0n) is 17.4. The Morgan fingerprint density at radius 1 is 1.27 bits per heavy atom. The summed E-state index contributed by atoms with van der Waals surface area (Å²) in [7, 11) is 0. The van der Waals surface area contributed by atoms with Crippen LogP contribution in [-0.2, 0) is 6.42 Å². The first-order chi connectivity index (χ1) is 14.2. The third-order valence-corrected chi connectivity index (χ3v) is 5.54. The molecule has 7 nitrogen and oxygen atoms in total. The second-order valence-electron chi connectivity index (χ2n) is 8.69. The lowest BCUT2D eigenvalue weighted by Crippen LogP contribution is -2.20. The van der Waals surface area contributed by atoms with Crippen molar-refractivity contribution in [1.29, 1.82) is 0 Å². The van der Waals surface area contributed by atoms with Crippen LogP contribution in [0.2, 0.25) is 0 Å². The molecule has 0 bridgehead atoms. The molecule has 0 aromatic carbocycles. The number of nitrogen functional groups attached to an aromatic ring is 1. The first kappa shape index (κ1) is 20.3. The Bertz CT molecular complexity index is 1130. The van der Waals surface area contributed by atoms with Crippen molar-refractivity contribution < 1.29 is 10.2 Å². The first-order valence-corrected chi connectivity index (χ1v) is 10.3. The van der Waals surface area contributed by atoms with E-state index in [1.54, 1.807) is 32.3 Å². The Morgan fingerprint density at radius 3 is 2.73 bits per heavy atom. The van der Waals surface area contributed by atoms with E-state index in [-0.39, 0.29) is 5.95 Å². The molecule has 4 N–H and O–H groups in total. The Kier molecular flexibility index (Phi) is 5.22. The fourth-order valence-electron chi connectivity index (χ4n) is 3.85. The lowest BCUT2D eigenvalue weighted by Gasteiger charge is -2.16. The van der Waals surface area contributed by atoms with E-state index in [4.69, 9.17) is 5.73 Å². The molecule has 3 aromatic rings. The molecule has 3 aromatic heterocycles. The highest BCUT2D eigenvalue weighted by atomic mass is 16.3. The van der Waals surface area contributed by atoms with E-state index in [0.717, 1.165) is 29.3 Å². The van der Waals surface area contributed by atoms with Gasteiger partial charge in [0, 0.05) is 24.0 Å². The molecule has 0 unspecified atom stereocenters. The monoisotopic (exact) mass is 405 g/mol. The zero-order chi connectivity index (χ0) is 21.4. The van der Waals surface area contributed by atoms with E-state index in [9.17, 15) is 10.2 Å². The van der Waals surface area contributed by atoms with Crippen molar-refractivity contribution in [2.75, 3.05) is 5.73 Å². The topological polar surface area (TPSA) is 110 Å². The standard InChI is InChI=1S/C23H27N5O2/c1-22(2,29)10-5-16-15-28(20-7-12-25-21(24)27-20)19-13-17(26-14-18(16)19)6-11-23(30)8-3-4-9-23/h7,12-15,29-30H,3-5,8-10H2,1-2H3,(H2,24,25,27). The van der Waals surface area contributed by atoms with Crippen molar-refractivity contribution >= 4 is 16.9 Å². The van der Waals surface area contributed by atoms with Gasteiger partial charge in [0.25, 0.3) is 0 Å². The molecule has 30 heavy (non-hydrogen) atoms. The maximum Gasteiger partial charge on any atom is 0.221 e. The van der Waals surface area contributed by atoms with E-state index in [1.165, 1.54) is 0 Å². The predicted octanol–water partition coefficient (Wildman–Crippen LogP) is 2.76. The molecule has 1 saturated carbocycles. The number of fused-ring (bicyclic) bond motifs is 1. The highest BCUT2D eigenvalue weighted by Crippen LogP contribution is 2.29. The van der Waals surface area contributed by atoms with Crippen LogP contribution in [0.3, 0.4) is 0 Å². The second-order valence-corrected chi connectivity index (χ2v) is 8.69. The number of anilines is 1. The molecular weight excluding hydrogens is 378 g/mol. The number of aromatic nitrogens is 4. The summed E-state index contributed by atoms with van der Waals surface area (Å²) in [5.41, 5.74) is 6.68. The third-order valence-electron chi connectivity index (χ3n) is 5.54. The summed E-state index contributed by atoms with van der Waals surface area (Å²) >= 11 is 0. The Balaban J connectivity index is 1.78. The normalized spacial score (nSPS) is 15.9. The summed E-state index contributed by atoms with van der Waals surface area (Å²) in [5.74, 6) is 6.92.